The van der Waals surface area contributed by atoms with Crippen LogP contribution in [0.4, 0.5) is 20.2 Å². The summed E-state index contributed by atoms with van der Waals surface area (Å²) in [6.07, 6.45) is 0. The van der Waals surface area contributed by atoms with Gasteiger partial charge in [-0.15, -0.1) is 0 Å². The van der Waals surface area contributed by atoms with Crippen LogP contribution in [0.2, 0.25) is 0 Å². The number of nitrogens with zero attached hydrogens (tertiary/aromatic N) is 2. The standard InChI is InChI=1S/C10H10F2N4O2/c11-10(12,5-14)6-15-8-2-1-7(4-13)3-9(8)16(17)18/h1-3,15H,5-6,14H2. The molecule has 96 valence electrons. The van der Waals surface area contributed by atoms with Gasteiger partial charge < -0.3 is 11.1 Å². The maximum absolute atomic E-state index is 12.9. The minimum absolute atomic E-state index is 0.0767. The lowest BCUT2D eigenvalue weighted by Crippen LogP contribution is -2.35. The van der Waals surface area contributed by atoms with E-state index in [0.29, 0.717) is 0 Å². The van der Waals surface area contributed by atoms with Gasteiger partial charge in [-0.25, -0.2) is 8.78 Å². The van der Waals surface area contributed by atoms with Gasteiger partial charge in [-0.1, -0.05) is 0 Å². The molecule has 1 aromatic rings. The van der Waals surface area contributed by atoms with Gasteiger partial charge >= 0.3 is 0 Å². The highest BCUT2D eigenvalue weighted by molar-refractivity contribution is 5.64. The SMILES string of the molecule is N#Cc1ccc(NCC(F)(F)CN)c([N+](=O)[O-])c1. The molecule has 3 N–H and O–H groups in total. The van der Waals surface area contributed by atoms with Crippen LogP contribution in [0, 0.1) is 21.4 Å². The molecule has 0 saturated carbocycles. The molecule has 1 rings (SSSR count). The van der Waals surface area contributed by atoms with E-state index >= 15 is 0 Å². The highest BCUT2D eigenvalue weighted by atomic mass is 19.3. The summed E-state index contributed by atoms with van der Waals surface area (Å²) in [5, 5.41) is 21.6. The first kappa shape index (κ1) is 13.8. The van der Waals surface area contributed by atoms with Gasteiger partial charge in [-0.3, -0.25) is 10.1 Å². The molecular formula is C10H10F2N4O2. The Morgan fingerprint density at radius 2 is 2.22 bits per heavy atom. The Balaban J connectivity index is 2.96. The van der Waals surface area contributed by atoms with Crippen LogP contribution < -0.4 is 11.1 Å². The average Bonchev–Trinajstić information content (AvgIpc) is 2.36. The summed E-state index contributed by atoms with van der Waals surface area (Å²) in [4.78, 5) is 9.98. The van der Waals surface area contributed by atoms with Crippen molar-refractivity contribution in [1.82, 2.24) is 0 Å². The van der Waals surface area contributed by atoms with Gasteiger partial charge in [0.05, 0.1) is 29.6 Å². The first-order chi connectivity index (χ1) is 8.39. The first-order valence-corrected chi connectivity index (χ1v) is 4.90. The topological polar surface area (TPSA) is 105 Å². The molecule has 0 heterocycles. The lowest BCUT2D eigenvalue weighted by Gasteiger charge is -2.15. The number of anilines is 1. The molecule has 0 atom stereocenters. The molecule has 0 aliphatic heterocycles. The van der Waals surface area contributed by atoms with E-state index in [-0.39, 0.29) is 11.3 Å². The molecule has 18 heavy (non-hydrogen) atoms. The van der Waals surface area contributed by atoms with Crippen molar-refractivity contribution in [2.24, 2.45) is 5.73 Å². The lowest BCUT2D eigenvalue weighted by molar-refractivity contribution is -0.384. The van der Waals surface area contributed by atoms with Crippen molar-refractivity contribution in [1.29, 1.82) is 5.26 Å². The lowest BCUT2D eigenvalue weighted by atomic mass is 10.2. The fourth-order valence-electron chi connectivity index (χ4n) is 1.20. The van der Waals surface area contributed by atoms with Crippen molar-refractivity contribution in [3.63, 3.8) is 0 Å². The zero-order chi connectivity index (χ0) is 13.8. The van der Waals surface area contributed by atoms with Gasteiger partial charge in [0.1, 0.15) is 5.69 Å². The predicted molar refractivity (Wildman–Crippen MR) is 60.3 cm³/mol. The Morgan fingerprint density at radius 1 is 1.56 bits per heavy atom. The Labute approximate surface area is 101 Å². The zero-order valence-corrected chi connectivity index (χ0v) is 9.19. The van der Waals surface area contributed by atoms with Gasteiger partial charge in [0.2, 0.25) is 0 Å². The van der Waals surface area contributed by atoms with Gasteiger partial charge in [-0.05, 0) is 12.1 Å². The molecule has 0 saturated heterocycles. The fourth-order valence-corrected chi connectivity index (χ4v) is 1.20. The predicted octanol–water partition coefficient (Wildman–Crippen LogP) is 1.47. The third-order valence-corrected chi connectivity index (χ3v) is 2.16. The number of hydrogen-bond donors (Lipinski definition) is 2. The van der Waals surface area contributed by atoms with E-state index in [1.54, 1.807) is 6.07 Å². The number of nitrogens with one attached hydrogen (secondary N) is 1. The molecule has 1 aromatic carbocycles. The second kappa shape index (κ2) is 5.37. The van der Waals surface area contributed by atoms with Crippen molar-refractivity contribution < 1.29 is 13.7 Å². The number of alkyl halides is 2. The number of nitro benzene ring substituents is 1. The minimum Gasteiger partial charge on any atom is -0.373 e. The quantitative estimate of drug-likeness (QED) is 0.613. The number of hydrogen-bond acceptors (Lipinski definition) is 5. The van der Waals surface area contributed by atoms with Gasteiger partial charge in [0, 0.05) is 6.07 Å². The van der Waals surface area contributed by atoms with Crippen LogP contribution in [0.25, 0.3) is 0 Å². The van der Waals surface area contributed by atoms with Crippen LogP contribution in [0.5, 0.6) is 0 Å². The van der Waals surface area contributed by atoms with Gasteiger partial charge in [0.25, 0.3) is 11.6 Å². The van der Waals surface area contributed by atoms with Crippen molar-refractivity contribution in [2.75, 3.05) is 18.4 Å². The monoisotopic (exact) mass is 256 g/mol. The Bertz CT molecular complexity index is 499. The number of nitro groups is 1. The second-order valence-electron chi connectivity index (χ2n) is 3.51. The van der Waals surface area contributed by atoms with Crippen molar-refractivity contribution >= 4 is 11.4 Å². The highest BCUT2D eigenvalue weighted by Gasteiger charge is 2.27. The average molecular weight is 256 g/mol. The molecule has 6 nitrogen and oxygen atoms in total. The maximum Gasteiger partial charge on any atom is 0.293 e. The molecule has 0 aliphatic carbocycles. The molecule has 8 heteroatoms. The van der Waals surface area contributed by atoms with Crippen LogP contribution in [0.15, 0.2) is 18.2 Å². The Morgan fingerprint density at radius 3 is 2.72 bits per heavy atom. The van der Waals surface area contributed by atoms with Crippen LogP contribution in [-0.4, -0.2) is 23.9 Å². The largest absolute Gasteiger partial charge is 0.373 e. The van der Waals surface area contributed by atoms with E-state index in [0.717, 1.165) is 6.07 Å². The molecule has 0 spiro atoms. The molecular weight excluding hydrogens is 246 g/mol. The van der Waals surface area contributed by atoms with E-state index in [4.69, 9.17) is 11.0 Å². The van der Waals surface area contributed by atoms with E-state index in [1.807, 2.05) is 0 Å². The van der Waals surface area contributed by atoms with Crippen LogP contribution in [0.3, 0.4) is 0 Å². The summed E-state index contributed by atoms with van der Waals surface area (Å²) >= 11 is 0. The molecule has 0 aromatic heterocycles. The normalized spacial score (nSPS) is 10.8. The van der Waals surface area contributed by atoms with Crippen molar-refractivity contribution in [3.8, 4) is 6.07 Å². The van der Waals surface area contributed by atoms with Gasteiger partial charge in [-0.2, -0.15) is 5.26 Å². The summed E-state index contributed by atoms with van der Waals surface area (Å²) in [5.74, 6) is -3.15. The maximum atomic E-state index is 12.9. The van der Waals surface area contributed by atoms with Crippen molar-refractivity contribution in [2.45, 2.75) is 5.92 Å². The first-order valence-electron chi connectivity index (χ1n) is 4.90. The fraction of sp³-hybridized carbons (Fsp3) is 0.300. The molecule has 0 fully saturated rings. The number of rotatable bonds is 5. The van der Waals surface area contributed by atoms with E-state index in [2.05, 4.69) is 5.32 Å². The summed E-state index contributed by atoms with van der Waals surface area (Å²) in [6.45, 7) is -1.67. The number of nitrogens with two attached hydrogens (primary N) is 1. The molecule has 0 unspecified atom stereocenters. The van der Waals surface area contributed by atoms with Crippen LogP contribution in [0.1, 0.15) is 5.56 Å². The molecule has 0 radical (unpaired) electrons. The number of benzene rings is 1. The number of halogens is 2. The third-order valence-electron chi connectivity index (χ3n) is 2.16. The smallest absolute Gasteiger partial charge is 0.293 e. The number of nitriles is 1. The summed E-state index contributed by atoms with van der Waals surface area (Å²) in [7, 11) is 0. The van der Waals surface area contributed by atoms with Gasteiger partial charge in [0.15, 0.2) is 0 Å². The Hall–Kier alpha value is -2.27. The van der Waals surface area contributed by atoms with Crippen LogP contribution >= 0.6 is 0 Å². The summed E-state index contributed by atoms with van der Waals surface area (Å²) in [6, 6.07) is 5.26. The molecule has 0 aliphatic rings. The third kappa shape index (κ3) is 3.36. The molecule has 0 bridgehead atoms. The van der Waals surface area contributed by atoms with E-state index in [1.165, 1.54) is 12.1 Å². The van der Waals surface area contributed by atoms with Crippen molar-refractivity contribution in [3.05, 3.63) is 33.9 Å². The minimum atomic E-state index is -3.15. The molecule has 0 amide bonds. The summed E-state index contributed by atoms with van der Waals surface area (Å²) in [5.41, 5.74) is 4.42. The van der Waals surface area contributed by atoms with E-state index < -0.39 is 29.6 Å². The highest BCUT2D eigenvalue weighted by Crippen LogP contribution is 2.26. The summed E-state index contributed by atoms with van der Waals surface area (Å²) < 4.78 is 25.8. The second-order valence-corrected chi connectivity index (χ2v) is 3.51. The van der Waals surface area contributed by atoms with E-state index in [9.17, 15) is 18.9 Å². The Kier molecular flexibility index (Phi) is 4.12. The van der Waals surface area contributed by atoms with Crippen LogP contribution in [-0.2, 0) is 0 Å². The zero-order valence-electron chi connectivity index (χ0n) is 9.19.